The van der Waals surface area contributed by atoms with E-state index in [0.29, 0.717) is 6.04 Å². The average Bonchev–Trinajstić information content (AvgIpc) is 2.44. The van der Waals surface area contributed by atoms with E-state index in [9.17, 15) is 5.11 Å². The van der Waals surface area contributed by atoms with Crippen molar-refractivity contribution in [2.75, 3.05) is 6.54 Å². The number of nitrogens with one attached hydrogen (secondary N) is 1. The molecular weight excluding hydrogens is 234 g/mol. The van der Waals surface area contributed by atoms with Crippen LogP contribution in [-0.2, 0) is 0 Å². The normalized spacial score (nSPS) is 35.8. The Morgan fingerprint density at radius 1 is 0.842 bits per heavy atom. The highest BCUT2D eigenvalue weighted by Gasteiger charge is 2.37. The van der Waals surface area contributed by atoms with Crippen molar-refractivity contribution in [3.63, 3.8) is 0 Å². The van der Waals surface area contributed by atoms with Crippen LogP contribution in [0.25, 0.3) is 0 Å². The lowest BCUT2D eigenvalue weighted by atomic mass is 9.70. The van der Waals surface area contributed by atoms with E-state index in [0.717, 1.165) is 31.2 Å². The summed E-state index contributed by atoms with van der Waals surface area (Å²) < 4.78 is 0. The van der Waals surface area contributed by atoms with Gasteiger partial charge in [0.2, 0.25) is 0 Å². The van der Waals surface area contributed by atoms with E-state index in [2.05, 4.69) is 5.32 Å². The molecule has 3 rings (SSSR count). The number of rotatable bonds is 4. The predicted molar refractivity (Wildman–Crippen MR) is 79.1 cm³/mol. The Balaban J connectivity index is 1.53. The van der Waals surface area contributed by atoms with Crippen LogP contribution in [0.2, 0.25) is 0 Å². The van der Waals surface area contributed by atoms with Crippen LogP contribution in [0.15, 0.2) is 0 Å². The van der Waals surface area contributed by atoms with E-state index in [1.165, 1.54) is 64.2 Å². The van der Waals surface area contributed by atoms with Gasteiger partial charge in [0, 0.05) is 12.6 Å². The van der Waals surface area contributed by atoms with Crippen molar-refractivity contribution in [2.24, 2.45) is 11.8 Å². The van der Waals surface area contributed by atoms with Crippen molar-refractivity contribution in [1.29, 1.82) is 0 Å². The molecule has 3 fully saturated rings. The minimum absolute atomic E-state index is 0.353. The smallest absolute Gasteiger partial charge is 0.0771 e. The Morgan fingerprint density at radius 3 is 2.21 bits per heavy atom. The first-order valence-corrected chi connectivity index (χ1v) is 8.73. The van der Waals surface area contributed by atoms with Crippen LogP contribution in [0.5, 0.6) is 0 Å². The van der Waals surface area contributed by atoms with E-state index in [-0.39, 0.29) is 5.60 Å². The first-order chi connectivity index (χ1) is 9.27. The molecule has 0 saturated heterocycles. The van der Waals surface area contributed by atoms with Gasteiger partial charge in [0.15, 0.2) is 0 Å². The fraction of sp³-hybridized carbons (Fsp3) is 1.00. The molecule has 0 aromatic carbocycles. The molecule has 0 amide bonds. The zero-order valence-electron chi connectivity index (χ0n) is 12.4. The van der Waals surface area contributed by atoms with Crippen molar-refractivity contribution in [1.82, 2.24) is 5.32 Å². The summed E-state index contributed by atoms with van der Waals surface area (Å²) in [5, 5.41) is 14.0. The Bertz CT molecular complexity index is 281. The molecule has 0 aliphatic heterocycles. The summed E-state index contributed by atoms with van der Waals surface area (Å²) in [6, 6.07) is 0.696. The lowest BCUT2D eigenvalue weighted by Crippen LogP contribution is -2.52. The summed E-state index contributed by atoms with van der Waals surface area (Å²) in [6.07, 6.45) is 16.1. The summed E-state index contributed by atoms with van der Waals surface area (Å²) in [6.45, 7) is 0.848. The van der Waals surface area contributed by atoms with Crippen molar-refractivity contribution in [2.45, 2.75) is 88.7 Å². The van der Waals surface area contributed by atoms with Crippen LogP contribution in [0, 0.1) is 11.8 Å². The molecule has 0 aromatic rings. The highest BCUT2D eigenvalue weighted by atomic mass is 16.3. The summed E-state index contributed by atoms with van der Waals surface area (Å²) in [4.78, 5) is 0. The van der Waals surface area contributed by atoms with Gasteiger partial charge in [-0.3, -0.25) is 0 Å². The highest BCUT2D eigenvalue weighted by Crippen LogP contribution is 2.39. The molecule has 0 radical (unpaired) electrons. The fourth-order valence-corrected chi connectivity index (χ4v) is 4.62. The van der Waals surface area contributed by atoms with E-state index >= 15 is 0 Å². The predicted octanol–water partition coefficient (Wildman–Crippen LogP) is 3.63. The first kappa shape index (κ1) is 13.9. The Kier molecular flexibility index (Phi) is 4.48. The Hall–Kier alpha value is -0.0800. The van der Waals surface area contributed by atoms with Gasteiger partial charge in [-0.05, 0) is 43.9 Å². The molecule has 0 heterocycles. The second kappa shape index (κ2) is 6.13. The second-order valence-electron chi connectivity index (χ2n) is 7.41. The monoisotopic (exact) mass is 265 g/mol. The lowest BCUT2D eigenvalue weighted by Gasteiger charge is -2.43. The largest absolute Gasteiger partial charge is 0.389 e. The average molecular weight is 265 g/mol. The number of hydrogen-bond donors (Lipinski definition) is 2. The third-order valence-corrected chi connectivity index (χ3v) is 6.05. The second-order valence-corrected chi connectivity index (χ2v) is 7.41. The van der Waals surface area contributed by atoms with Crippen LogP contribution in [0.1, 0.15) is 77.0 Å². The lowest BCUT2D eigenvalue weighted by molar-refractivity contribution is -0.0368. The Labute approximate surface area is 118 Å². The van der Waals surface area contributed by atoms with Crippen molar-refractivity contribution >= 4 is 0 Å². The maximum absolute atomic E-state index is 10.3. The minimum atomic E-state index is -0.353. The standard InChI is InChI=1S/C17H31NO/c19-17(11-6-12-17)13-18-16-10-5-4-9-15(16)14-7-2-1-3-8-14/h14-16,18-19H,1-13H2. The van der Waals surface area contributed by atoms with Gasteiger partial charge in [-0.25, -0.2) is 0 Å². The van der Waals surface area contributed by atoms with Gasteiger partial charge >= 0.3 is 0 Å². The zero-order valence-corrected chi connectivity index (χ0v) is 12.4. The van der Waals surface area contributed by atoms with Crippen molar-refractivity contribution < 1.29 is 5.11 Å². The summed E-state index contributed by atoms with van der Waals surface area (Å²) in [5.41, 5.74) is -0.353. The molecular formula is C17H31NO. The van der Waals surface area contributed by atoms with Gasteiger partial charge in [-0.1, -0.05) is 44.9 Å². The molecule has 2 N–H and O–H groups in total. The van der Waals surface area contributed by atoms with Gasteiger partial charge in [-0.15, -0.1) is 0 Å². The van der Waals surface area contributed by atoms with Crippen LogP contribution in [0.3, 0.4) is 0 Å². The third-order valence-electron chi connectivity index (χ3n) is 6.05. The van der Waals surface area contributed by atoms with Crippen LogP contribution in [0.4, 0.5) is 0 Å². The van der Waals surface area contributed by atoms with Gasteiger partial charge in [0.1, 0.15) is 0 Å². The molecule has 0 bridgehead atoms. The van der Waals surface area contributed by atoms with Gasteiger partial charge in [0.25, 0.3) is 0 Å². The summed E-state index contributed by atoms with van der Waals surface area (Å²) in [5.74, 6) is 1.88. The maximum atomic E-state index is 10.3. The van der Waals surface area contributed by atoms with Gasteiger partial charge in [-0.2, -0.15) is 0 Å². The van der Waals surface area contributed by atoms with Crippen LogP contribution in [-0.4, -0.2) is 23.3 Å². The third kappa shape index (κ3) is 3.33. The number of hydrogen-bond acceptors (Lipinski definition) is 2. The minimum Gasteiger partial charge on any atom is -0.389 e. The molecule has 2 unspecified atom stereocenters. The summed E-state index contributed by atoms with van der Waals surface area (Å²) >= 11 is 0. The molecule has 2 heteroatoms. The molecule has 3 aliphatic carbocycles. The molecule has 0 aromatic heterocycles. The van der Waals surface area contributed by atoms with Crippen LogP contribution < -0.4 is 5.32 Å². The molecule has 19 heavy (non-hydrogen) atoms. The van der Waals surface area contributed by atoms with Crippen molar-refractivity contribution in [3.05, 3.63) is 0 Å². The van der Waals surface area contributed by atoms with Crippen LogP contribution >= 0.6 is 0 Å². The number of aliphatic hydroxyl groups is 1. The molecule has 3 aliphatic rings. The zero-order chi connectivity index (χ0) is 13.1. The van der Waals surface area contributed by atoms with E-state index in [1.54, 1.807) is 0 Å². The highest BCUT2D eigenvalue weighted by molar-refractivity contribution is 4.93. The summed E-state index contributed by atoms with van der Waals surface area (Å²) in [7, 11) is 0. The van der Waals surface area contributed by atoms with E-state index < -0.39 is 0 Å². The fourth-order valence-electron chi connectivity index (χ4n) is 4.62. The molecule has 2 nitrogen and oxygen atoms in total. The topological polar surface area (TPSA) is 32.3 Å². The van der Waals surface area contributed by atoms with E-state index in [1.807, 2.05) is 0 Å². The first-order valence-electron chi connectivity index (χ1n) is 8.73. The van der Waals surface area contributed by atoms with Gasteiger partial charge < -0.3 is 10.4 Å². The van der Waals surface area contributed by atoms with Crippen molar-refractivity contribution in [3.8, 4) is 0 Å². The molecule has 3 saturated carbocycles. The molecule has 110 valence electrons. The molecule has 0 spiro atoms. The molecule has 2 atom stereocenters. The van der Waals surface area contributed by atoms with E-state index in [4.69, 9.17) is 0 Å². The Morgan fingerprint density at radius 2 is 1.53 bits per heavy atom. The SMILES string of the molecule is OC1(CNC2CCCCC2C2CCCCC2)CCC1. The quantitative estimate of drug-likeness (QED) is 0.813. The van der Waals surface area contributed by atoms with Gasteiger partial charge in [0.05, 0.1) is 5.60 Å². The maximum Gasteiger partial charge on any atom is 0.0771 e.